The standard InChI is InChI=1S/C21H25N3O3/c1-15-5-4-6-16(13-15)22-21(27)18-7-2-3-8-19(18)23-20(26)14-24-11-9-17(25)10-12-24/h2-8,13,17,25H,9-12,14H2,1H3,(H,22,27)(H,23,26). The van der Waals surface area contributed by atoms with Crippen LogP contribution in [0.5, 0.6) is 0 Å². The van der Waals surface area contributed by atoms with E-state index in [1.54, 1.807) is 24.3 Å². The smallest absolute Gasteiger partial charge is 0.257 e. The van der Waals surface area contributed by atoms with Crippen LogP contribution in [-0.4, -0.2) is 47.6 Å². The zero-order chi connectivity index (χ0) is 19.2. The quantitative estimate of drug-likeness (QED) is 0.759. The van der Waals surface area contributed by atoms with E-state index in [0.717, 1.165) is 5.56 Å². The molecule has 1 aliphatic rings. The average Bonchev–Trinajstić information content (AvgIpc) is 2.64. The number of carbonyl (C=O) groups excluding carboxylic acids is 2. The minimum absolute atomic E-state index is 0.165. The summed E-state index contributed by atoms with van der Waals surface area (Å²) < 4.78 is 0. The number of aryl methyl sites for hydroxylation is 1. The number of carbonyl (C=O) groups is 2. The minimum atomic E-state index is -0.268. The highest BCUT2D eigenvalue weighted by molar-refractivity contribution is 6.10. The molecule has 2 aromatic rings. The van der Waals surface area contributed by atoms with Gasteiger partial charge in [-0.1, -0.05) is 24.3 Å². The van der Waals surface area contributed by atoms with E-state index >= 15 is 0 Å². The first-order valence-electron chi connectivity index (χ1n) is 9.18. The van der Waals surface area contributed by atoms with Crippen LogP contribution in [0.2, 0.25) is 0 Å². The van der Waals surface area contributed by atoms with Gasteiger partial charge in [0.05, 0.1) is 23.9 Å². The zero-order valence-corrected chi connectivity index (χ0v) is 15.4. The van der Waals surface area contributed by atoms with Gasteiger partial charge >= 0.3 is 0 Å². The lowest BCUT2D eigenvalue weighted by molar-refractivity contribution is -0.117. The number of aliphatic hydroxyl groups is 1. The summed E-state index contributed by atoms with van der Waals surface area (Å²) in [6, 6.07) is 14.5. The van der Waals surface area contributed by atoms with Crippen molar-refractivity contribution in [3.8, 4) is 0 Å². The van der Waals surface area contributed by atoms with E-state index in [1.165, 1.54) is 0 Å². The van der Waals surface area contributed by atoms with Gasteiger partial charge in [0.2, 0.25) is 5.91 Å². The molecule has 3 rings (SSSR count). The molecule has 1 saturated heterocycles. The lowest BCUT2D eigenvalue weighted by Crippen LogP contribution is -2.40. The summed E-state index contributed by atoms with van der Waals surface area (Å²) in [5.74, 6) is -0.431. The SMILES string of the molecule is Cc1cccc(NC(=O)c2ccccc2NC(=O)CN2CCC(O)CC2)c1. The first-order chi connectivity index (χ1) is 13.0. The molecule has 6 heteroatoms. The van der Waals surface area contributed by atoms with Gasteiger partial charge in [0.25, 0.3) is 5.91 Å². The Balaban J connectivity index is 1.64. The summed E-state index contributed by atoms with van der Waals surface area (Å²) in [6.45, 7) is 3.61. The molecule has 0 radical (unpaired) electrons. The van der Waals surface area contributed by atoms with Crippen molar-refractivity contribution in [1.82, 2.24) is 4.90 Å². The lowest BCUT2D eigenvalue weighted by atomic mass is 10.1. The molecule has 0 unspecified atom stereocenters. The summed E-state index contributed by atoms with van der Waals surface area (Å²) in [7, 11) is 0. The fourth-order valence-electron chi connectivity index (χ4n) is 3.18. The van der Waals surface area contributed by atoms with Crippen LogP contribution in [0.4, 0.5) is 11.4 Å². The molecule has 142 valence electrons. The highest BCUT2D eigenvalue weighted by Gasteiger charge is 2.20. The third-order valence-electron chi connectivity index (χ3n) is 4.65. The Hall–Kier alpha value is -2.70. The normalized spacial score (nSPS) is 15.3. The van der Waals surface area contributed by atoms with Crippen molar-refractivity contribution in [1.29, 1.82) is 0 Å². The molecule has 2 amide bonds. The van der Waals surface area contributed by atoms with Crippen LogP contribution in [0.3, 0.4) is 0 Å². The predicted octanol–water partition coefficient (Wildman–Crippen LogP) is 2.64. The molecule has 0 bridgehead atoms. The average molecular weight is 367 g/mol. The van der Waals surface area contributed by atoms with Crippen LogP contribution in [-0.2, 0) is 4.79 Å². The predicted molar refractivity (Wildman–Crippen MR) is 106 cm³/mol. The van der Waals surface area contributed by atoms with E-state index in [4.69, 9.17) is 0 Å². The molecule has 3 N–H and O–H groups in total. The topological polar surface area (TPSA) is 81.7 Å². The molecule has 0 aromatic heterocycles. The summed E-state index contributed by atoms with van der Waals surface area (Å²) in [5, 5.41) is 15.3. The van der Waals surface area contributed by atoms with E-state index in [9.17, 15) is 14.7 Å². The van der Waals surface area contributed by atoms with Crippen molar-refractivity contribution < 1.29 is 14.7 Å². The van der Waals surface area contributed by atoms with Gasteiger partial charge in [-0.2, -0.15) is 0 Å². The van der Waals surface area contributed by atoms with Gasteiger partial charge in [-0.05, 0) is 49.6 Å². The van der Waals surface area contributed by atoms with E-state index in [0.29, 0.717) is 42.9 Å². The highest BCUT2D eigenvalue weighted by Crippen LogP contribution is 2.18. The van der Waals surface area contributed by atoms with Crippen molar-refractivity contribution in [3.63, 3.8) is 0 Å². The van der Waals surface area contributed by atoms with Crippen LogP contribution in [0.1, 0.15) is 28.8 Å². The second-order valence-electron chi connectivity index (χ2n) is 6.92. The van der Waals surface area contributed by atoms with Crippen molar-refractivity contribution in [3.05, 3.63) is 59.7 Å². The molecule has 0 aliphatic carbocycles. The van der Waals surface area contributed by atoms with Gasteiger partial charge in [0.15, 0.2) is 0 Å². The molecule has 0 atom stereocenters. The zero-order valence-electron chi connectivity index (χ0n) is 15.4. The van der Waals surface area contributed by atoms with Gasteiger partial charge in [-0.25, -0.2) is 0 Å². The molecule has 0 saturated carbocycles. The summed E-state index contributed by atoms with van der Waals surface area (Å²) in [5.41, 5.74) is 2.68. The number of anilines is 2. The number of nitrogens with zero attached hydrogens (tertiary/aromatic N) is 1. The van der Waals surface area contributed by atoms with Gasteiger partial charge in [-0.15, -0.1) is 0 Å². The number of rotatable bonds is 5. The fraction of sp³-hybridized carbons (Fsp3) is 0.333. The number of piperidine rings is 1. The Bertz CT molecular complexity index is 814. The van der Waals surface area contributed by atoms with E-state index in [2.05, 4.69) is 10.6 Å². The number of nitrogens with one attached hydrogen (secondary N) is 2. The van der Waals surface area contributed by atoms with Gasteiger partial charge < -0.3 is 15.7 Å². The van der Waals surface area contributed by atoms with Crippen molar-refractivity contribution in [2.45, 2.75) is 25.9 Å². The lowest BCUT2D eigenvalue weighted by Gasteiger charge is -2.28. The number of aliphatic hydroxyl groups excluding tert-OH is 1. The van der Waals surface area contributed by atoms with Crippen molar-refractivity contribution in [2.75, 3.05) is 30.3 Å². The molecule has 1 aliphatic heterocycles. The Morgan fingerprint density at radius 2 is 1.81 bits per heavy atom. The third-order valence-corrected chi connectivity index (χ3v) is 4.65. The second-order valence-corrected chi connectivity index (χ2v) is 6.92. The van der Waals surface area contributed by atoms with E-state index in [1.807, 2.05) is 36.1 Å². The monoisotopic (exact) mass is 367 g/mol. The molecule has 6 nitrogen and oxygen atoms in total. The third kappa shape index (κ3) is 5.39. The van der Waals surface area contributed by atoms with Crippen LogP contribution in [0.15, 0.2) is 48.5 Å². The number of para-hydroxylation sites is 1. The van der Waals surface area contributed by atoms with Crippen LogP contribution in [0, 0.1) is 6.92 Å². The largest absolute Gasteiger partial charge is 0.393 e. The highest BCUT2D eigenvalue weighted by atomic mass is 16.3. The van der Waals surface area contributed by atoms with Gasteiger partial charge in [0.1, 0.15) is 0 Å². The Morgan fingerprint density at radius 1 is 1.07 bits per heavy atom. The van der Waals surface area contributed by atoms with E-state index in [-0.39, 0.29) is 24.5 Å². The molecular formula is C21H25N3O3. The molecule has 27 heavy (non-hydrogen) atoms. The number of benzene rings is 2. The maximum absolute atomic E-state index is 12.7. The van der Waals surface area contributed by atoms with Crippen LogP contribution < -0.4 is 10.6 Å². The molecule has 1 fully saturated rings. The van der Waals surface area contributed by atoms with Crippen LogP contribution in [0.25, 0.3) is 0 Å². The number of amides is 2. The first kappa shape index (κ1) is 19.1. The maximum atomic E-state index is 12.7. The summed E-state index contributed by atoms with van der Waals surface area (Å²) >= 11 is 0. The second kappa shape index (κ2) is 8.79. The number of hydrogen-bond acceptors (Lipinski definition) is 4. The Morgan fingerprint density at radius 3 is 2.56 bits per heavy atom. The molecular weight excluding hydrogens is 342 g/mol. The van der Waals surface area contributed by atoms with Crippen molar-refractivity contribution >= 4 is 23.2 Å². The van der Waals surface area contributed by atoms with Crippen LogP contribution >= 0.6 is 0 Å². The van der Waals surface area contributed by atoms with E-state index < -0.39 is 0 Å². The minimum Gasteiger partial charge on any atom is -0.393 e. The van der Waals surface area contributed by atoms with Gasteiger partial charge in [-0.3, -0.25) is 14.5 Å². The number of likely N-dealkylation sites (tertiary alicyclic amines) is 1. The first-order valence-corrected chi connectivity index (χ1v) is 9.18. The van der Waals surface area contributed by atoms with Crippen molar-refractivity contribution in [2.24, 2.45) is 0 Å². The van der Waals surface area contributed by atoms with Gasteiger partial charge in [0, 0.05) is 18.8 Å². The summed E-state index contributed by atoms with van der Waals surface area (Å²) in [4.78, 5) is 27.1. The Labute approximate surface area is 159 Å². The summed E-state index contributed by atoms with van der Waals surface area (Å²) in [6.07, 6.45) is 1.10. The Kier molecular flexibility index (Phi) is 6.21. The molecule has 0 spiro atoms. The fourth-order valence-corrected chi connectivity index (χ4v) is 3.18. The molecule has 1 heterocycles. The molecule has 2 aromatic carbocycles. The maximum Gasteiger partial charge on any atom is 0.257 e. The number of hydrogen-bond donors (Lipinski definition) is 3.